The van der Waals surface area contributed by atoms with E-state index in [2.05, 4.69) is 37.8 Å². The maximum absolute atomic E-state index is 6.49. The summed E-state index contributed by atoms with van der Waals surface area (Å²) in [5, 5.41) is 4.09. The Bertz CT molecular complexity index is 431. The zero-order valence-corrected chi connectivity index (χ0v) is 13.9. The number of hydrogen-bond acceptors (Lipinski definition) is 5. The summed E-state index contributed by atoms with van der Waals surface area (Å²) in [4.78, 5) is 4.54. The maximum Gasteiger partial charge on any atom is 0.246 e. The summed E-state index contributed by atoms with van der Waals surface area (Å²) in [6.45, 7) is 8.82. The summed E-state index contributed by atoms with van der Waals surface area (Å²) < 4.78 is 5.65. The van der Waals surface area contributed by atoms with Gasteiger partial charge < -0.3 is 10.3 Å². The van der Waals surface area contributed by atoms with Crippen molar-refractivity contribution >= 4 is 11.8 Å². The highest BCUT2D eigenvalue weighted by Gasteiger charge is 2.37. The molecule has 1 saturated carbocycles. The third kappa shape index (κ3) is 3.98. The molecule has 114 valence electrons. The molecular formula is C15H27N3OS. The molecule has 0 aromatic carbocycles. The quantitative estimate of drug-likeness (QED) is 0.914. The zero-order chi connectivity index (χ0) is 14.8. The number of nitrogens with two attached hydrogens (primary N) is 1. The maximum atomic E-state index is 6.49. The second kappa shape index (κ2) is 6.06. The molecule has 1 aliphatic carbocycles. The van der Waals surface area contributed by atoms with Gasteiger partial charge in [0.15, 0.2) is 5.82 Å². The molecule has 5 heteroatoms. The van der Waals surface area contributed by atoms with Crippen molar-refractivity contribution in [3.8, 4) is 0 Å². The van der Waals surface area contributed by atoms with E-state index in [1.165, 1.54) is 19.3 Å². The average molecular weight is 297 g/mol. The van der Waals surface area contributed by atoms with Crippen molar-refractivity contribution < 1.29 is 4.52 Å². The Morgan fingerprint density at radius 2 is 2.00 bits per heavy atom. The summed E-state index contributed by atoms with van der Waals surface area (Å²) in [6.07, 6.45) is 5.50. The van der Waals surface area contributed by atoms with Gasteiger partial charge in [0.2, 0.25) is 5.89 Å². The molecule has 1 aromatic rings. The fourth-order valence-corrected chi connectivity index (χ4v) is 3.29. The minimum atomic E-state index is -0.399. The van der Waals surface area contributed by atoms with E-state index in [4.69, 9.17) is 10.3 Å². The van der Waals surface area contributed by atoms with Crippen LogP contribution in [0.15, 0.2) is 4.52 Å². The Balaban J connectivity index is 1.98. The van der Waals surface area contributed by atoms with Crippen molar-refractivity contribution in [3.63, 3.8) is 0 Å². The number of nitrogens with zero attached hydrogens (tertiary/aromatic N) is 2. The SMILES string of the molecule is CCC1CCC(N)(c2nc(CSC(C)(C)C)no2)CC1. The fourth-order valence-electron chi connectivity index (χ4n) is 2.61. The molecular weight excluding hydrogens is 270 g/mol. The first-order valence-electron chi connectivity index (χ1n) is 7.58. The van der Waals surface area contributed by atoms with Gasteiger partial charge in [0.25, 0.3) is 0 Å². The molecule has 1 aromatic heterocycles. The van der Waals surface area contributed by atoms with Gasteiger partial charge in [-0.1, -0.05) is 39.3 Å². The highest BCUT2D eigenvalue weighted by molar-refractivity contribution is 7.99. The van der Waals surface area contributed by atoms with Crippen LogP contribution in [0.1, 0.15) is 71.5 Å². The van der Waals surface area contributed by atoms with Crippen LogP contribution in [0.3, 0.4) is 0 Å². The molecule has 0 unspecified atom stereocenters. The van der Waals surface area contributed by atoms with Crippen molar-refractivity contribution in [3.05, 3.63) is 11.7 Å². The predicted molar refractivity (Wildman–Crippen MR) is 83.5 cm³/mol. The summed E-state index contributed by atoms with van der Waals surface area (Å²) in [6, 6.07) is 0. The molecule has 1 aliphatic rings. The van der Waals surface area contributed by atoms with Crippen LogP contribution in [-0.2, 0) is 11.3 Å². The third-order valence-electron chi connectivity index (χ3n) is 4.10. The van der Waals surface area contributed by atoms with Gasteiger partial charge in [-0.05, 0) is 31.6 Å². The molecule has 0 bridgehead atoms. The van der Waals surface area contributed by atoms with E-state index in [1.54, 1.807) is 0 Å². The second-order valence-corrected chi connectivity index (χ2v) is 8.73. The Morgan fingerprint density at radius 1 is 1.35 bits per heavy atom. The number of thioether (sulfide) groups is 1. The lowest BCUT2D eigenvalue weighted by Crippen LogP contribution is -2.40. The first kappa shape index (κ1) is 15.8. The van der Waals surface area contributed by atoms with Crippen LogP contribution in [-0.4, -0.2) is 14.9 Å². The lowest BCUT2D eigenvalue weighted by Gasteiger charge is -2.33. The summed E-state index contributed by atoms with van der Waals surface area (Å²) >= 11 is 1.82. The van der Waals surface area contributed by atoms with Crippen LogP contribution in [0.5, 0.6) is 0 Å². The minimum Gasteiger partial charge on any atom is -0.337 e. The molecule has 0 saturated heterocycles. The van der Waals surface area contributed by atoms with Gasteiger partial charge in [-0.15, -0.1) is 11.8 Å². The van der Waals surface area contributed by atoms with Gasteiger partial charge in [0, 0.05) is 4.75 Å². The topological polar surface area (TPSA) is 64.9 Å². The van der Waals surface area contributed by atoms with Crippen molar-refractivity contribution in [1.82, 2.24) is 10.1 Å². The lowest BCUT2D eigenvalue weighted by atomic mass is 9.76. The summed E-state index contributed by atoms with van der Waals surface area (Å²) in [7, 11) is 0. The van der Waals surface area contributed by atoms with Crippen LogP contribution >= 0.6 is 11.8 Å². The molecule has 1 fully saturated rings. The molecule has 20 heavy (non-hydrogen) atoms. The molecule has 0 radical (unpaired) electrons. The standard InChI is InChI=1S/C15H27N3OS/c1-5-11-6-8-15(16,9-7-11)13-17-12(18-19-13)10-20-14(2,3)4/h11H,5-10,16H2,1-4H3. The first-order chi connectivity index (χ1) is 9.32. The van der Waals surface area contributed by atoms with Gasteiger partial charge in [0.05, 0.1) is 11.3 Å². The molecule has 4 nitrogen and oxygen atoms in total. The van der Waals surface area contributed by atoms with Crippen molar-refractivity contribution in [2.75, 3.05) is 0 Å². The highest BCUT2D eigenvalue weighted by Crippen LogP contribution is 2.38. The van der Waals surface area contributed by atoms with Crippen LogP contribution in [0.25, 0.3) is 0 Å². The van der Waals surface area contributed by atoms with Gasteiger partial charge in [0.1, 0.15) is 0 Å². The molecule has 2 rings (SSSR count). The monoisotopic (exact) mass is 297 g/mol. The molecule has 2 N–H and O–H groups in total. The molecule has 1 heterocycles. The van der Waals surface area contributed by atoms with Crippen LogP contribution in [0.2, 0.25) is 0 Å². The van der Waals surface area contributed by atoms with Gasteiger partial charge >= 0.3 is 0 Å². The largest absolute Gasteiger partial charge is 0.337 e. The van der Waals surface area contributed by atoms with Crippen LogP contribution in [0, 0.1) is 5.92 Å². The zero-order valence-electron chi connectivity index (χ0n) is 13.1. The second-order valence-electron chi connectivity index (χ2n) is 6.92. The molecule has 0 spiro atoms. The van der Waals surface area contributed by atoms with Crippen molar-refractivity contribution in [1.29, 1.82) is 0 Å². The number of aromatic nitrogens is 2. The smallest absolute Gasteiger partial charge is 0.246 e. The van der Waals surface area contributed by atoms with E-state index in [0.717, 1.165) is 30.3 Å². The lowest BCUT2D eigenvalue weighted by molar-refractivity contribution is 0.181. The molecule has 0 atom stereocenters. The Labute approximate surface area is 126 Å². The molecule has 0 aliphatic heterocycles. The van der Waals surface area contributed by atoms with E-state index in [0.29, 0.717) is 5.89 Å². The highest BCUT2D eigenvalue weighted by atomic mass is 32.2. The first-order valence-corrected chi connectivity index (χ1v) is 8.57. The normalized spacial score (nSPS) is 27.8. The van der Waals surface area contributed by atoms with Gasteiger partial charge in [-0.25, -0.2) is 0 Å². The van der Waals surface area contributed by atoms with E-state index < -0.39 is 5.54 Å². The number of rotatable bonds is 4. The van der Waals surface area contributed by atoms with E-state index in [-0.39, 0.29) is 4.75 Å². The minimum absolute atomic E-state index is 0.209. The molecule has 0 amide bonds. The number of hydrogen-bond donors (Lipinski definition) is 1. The average Bonchev–Trinajstić information content (AvgIpc) is 2.86. The van der Waals surface area contributed by atoms with Crippen LogP contribution in [0.4, 0.5) is 0 Å². The Hall–Kier alpha value is -0.550. The Morgan fingerprint density at radius 3 is 2.55 bits per heavy atom. The van der Waals surface area contributed by atoms with E-state index in [1.807, 2.05) is 11.8 Å². The predicted octanol–water partition coefficient (Wildman–Crippen LogP) is 3.86. The Kier molecular flexibility index (Phi) is 4.80. The third-order valence-corrected chi connectivity index (χ3v) is 5.37. The van der Waals surface area contributed by atoms with E-state index >= 15 is 0 Å². The summed E-state index contributed by atoms with van der Waals surface area (Å²) in [5.74, 6) is 2.99. The van der Waals surface area contributed by atoms with Crippen molar-refractivity contribution in [2.45, 2.75) is 75.8 Å². The van der Waals surface area contributed by atoms with Crippen molar-refractivity contribution in [2.24, 2.45) is 11.7 Å². The fraction of sp³-hybridized carbons (Fsp3) is 0.867. The van der Waals surface area contributed by atoms with Gasteiger partial charge in [-0.3, -0.25) is 0 Å². The van der Waals surface area contributed by atoms with Gasteiger partial charge in [-0.2, -0.15) is 4.98 Å². The summed E-state index contributed by atoms with van der Waals surface area (Å²) in [5.41, 5.74) is 6.09. The van der Waals surface area contributed by atoms with Crippen LogP contribution < -0.4 is 5.73 Å². The van der Waals surface area contributed by atoms with E-state index in [9.17, 15) is 0 Å².